The lowest BCUT2D eigenvalue weighted by molar-refractivity contribution is -0.119. The fourth-order valence-electron chi connectivity index (χ4n) is 2.04. The summed E-state index contributed by atoms with van der Waals surface area (Å²) in [5, 5.41) is 4.13. The number of rotatable bonds is 2. The van der Waals surface area contributed by atoms with Crippen LogP contribution in [-0.4, -0.2) is 26.2 Å². The number of aryl methyl sites for hydroxylation is 2. The molecule has 3 heterocycles. The molecule has 1 amide bonds. The van der Waals surface area contributed by atoms with Crippen LogP contribution in [0.2, 0.25) is 0 Å². The Labute approximate surface area is 129 Å². The highest BCUT2D eigenvalue weighted by Gasteiger charge is 2.27. The number of carbonyl (C=O) groups is 1. The average molecular weight is 322 g/mol. The first-order valence-electron chi connectivity index (χ1n) is 6.48. The molecule has 110 valence electrons. The van der Waals surface area contributed by atoms with E-state index in [-0.39, 0.29) is 17.4 Å². The molecule has 0 aliphatic carbocycles. The van der Waals surface area contributed by atoms with Gasteiger partial charge in [0, 0.05) is 29.4 Å². The van der Waals surface area contributed by atoms with Crippen LogP contribution in [0.5, 0.6) is 0 Å². The molecule has 1 aliphatic heterocycles. The van der Waals surface area contributed by atoms with Crippen molar-refractivity contribution in [2.75, 3.05) is 11.1 Å². The summed E-state index contributed by atoms with van der Waals surface area (Å²) < 4.78 is 1.55. The van der Waals surface area contributed by atoms with Crippen molar-refractivity contribution < 1.29 is 4.79 Å². The third kappa shape index (κ3) is 2.86. The van der Waals surface area contributed by atoms with Gasteiger partial charge in [-0.25, -0.2) is 9.97 Å². The summed E-state index contributed by atoms with van der Waals surface area (Å²) in [5.41, 5.74) is 0.810. The Morgan fingerprint density at radius 2 is 2.29 bits per heavy atom. The van der Waals surface area contributed by atoms with Crippen molar-refractivity contribution in [1.82, 2.24) is 14.5 Å². The van der Waals surface area contributed by atoms with Gasteiger partial charge in [0.2, 0.25) is 5.91 Å². The maximum atomic E-state index is 12.3. The van der Waals surface area contributed by atoms with Gasteiger partial charge in [-0.05, 0) is 13.8 Å². The van der Waals surface area contributed by atoms with Gasteiger partial charge in [0.05, 0.1) is 11.6 Å². The first-order chi connectivity index (χ1) is 10.0. The van der Waals surface area contributed by atoms with Gasteiger partial charge in [0.1, 0.15) is 0 Å². The molecule has 3 rings (SSSR count). The van der Waals surface area contributed by atoms with Crippen LogP contribution in [0.3, 0.4) is 0 Å². The second-order valence-electron chi connectivity index (χ2n) is 4.83. The Bertz CT molecular complexity index is 733. The van der Waals surface area contributed by atoms with E-state index in [1.54, 1.807) is 4.57 Å². The van der Waals surface area contributed by atoms with E-state index in [9.17, 15) is 9.59 Å². The van der Waals surface area contributed by atoms with Gasteiger partial charge in [-0.3, -0.25) is 14.2 Å². The lowest BCUT2D eigenvalue weighted by atomic mass is 10.1. The van der Waals surface area contributed by atoms with Crippen molar-refractivity contribution in [1.29, 1.82) is 0 Å². The van der Waals surface area contributed by atoms with Crippen LogP contribution in [0.4, 0.5) is 5.13 Å². The van der Waals surface area contributed by atoms with Crippen LogP contribution < -0.4 is 10.9 Å². The molecule has 1 atom stereocenters. The molecule has 0 aromatic carbocycles. The molecule has 0 saturated heterocycles. The fourth-order valence-corrected chi connectivity index (χ4v) is 3.92. The largest absolute Gasteiger partial charge is 0.302 e. The number of fused-ring (bicyclic) bond motifs is 1. The molecular formula is C13H14N4O2S2. The molecule has 1 N–H and O–H groups in total. The Hall–Kier alpha value is -1.67. The number of thioether (sulfide) groups is 1. The molecular weight excluding hydrogens is 308 g/mol. The molecule has 0 spiro atoms. The summed E-state index contributed by atoms with van der Waals surface area (Å²) in [6.07, 6.45) is 1.50. The van der Waals surface area contributed by atoms with Crippen LogP contribution in [0, 0.1) is 19.8 Å². The summed E-state index contributed by atoms with van der Waals surface area (Å²) in [6, 6.07) is 1.41. The van der Waals surface area contributed by atoms with Crippen molar-refractivity contribution in [3.8, 4) is 0 Å². The van der Waals surface area contributed by atoms with Crippen molar-refractivity contribution in [2.45, 2.75) is 25.5 Å². The zero-order valence-corrected chi connectivity index (χ0v) is 13.3. The van der Waals surface area contributed by atoms with Crippen LogP contribution in [-0.2, 0) is 11.3 Å². The highest BCUT2D eigenvalue weighted by molar-refractivity contribution is 7.99. The predicted molar refractivity (Wildman–Crippen MR) is 82.9 cm³/mol. The lowest BCUT2D eigenvalue weighted by Gasteiger charge is -2.23. The maximum absolute atomic E-state index is 12.3. The first-order valence-corrected chi connectivity index (χ1v) is 8.28. The number of amides is 1. The van der Waals surface area contributed by atoms with Gasteiger partial charge in [0.25, 0.3) is 5.56 Å². The molecule has 8 heteroatoms. The summed E-state index contributed by atoms with van der Waals surface area (Å²) in [5.74, 6) is 0.262. The van der Waals surface area contributed by atoms with E-state index in [1.807, 2.05) is 13.8 Å². The second-order valence-corrected chi connectivity index (χ2v) is 7.02. The third-order valence-corrected chi connectivity index (χ3v) is 5.49. The van der Waals surface area contributed by atoms with Crippen molar-refractivity contribution >= 4 is 34.1 Å². The third-order valence-electron chi connectivity index (χ3n) is 3.35. The molecule has 2 aromatic rings. The van der Waals surface area contributed by atoms with Gasteiger partial charge in [-0.1, -0.05) is 11.8 Å². The number of aromatic nitrogens is 3. The van der Waals surface area contributed by atoms with Gasteiger partial charge >= 0.3 is 0 Å². The van der Waals surface area contributed by atoms with E-state index in [1.165, 1.54) is 35.4 Å². The van der Waals surface area contributed by atoms with E-state index in [4.69, 9.17) is 0 Å². The summed E-state index contributed by atoms with van der Waals surface area (Å²) in [6.45, 7) is 4.25. The smallest absolute Gasteiger partial charge is 0.254 e. The monoisotopic (exact) mass is 322 g/mol. The van der Waals surface area contributed by atoms with E-state index in [0.717, 1.165) is 10.6 Å². The van der Waals surface area contributed by atoms with Gasteiger partial charge in [0.15, 0.2) is 10.3 Å². The number of carbonyl (C=O) groups excluding carboxylic acids is 1. The minimum atomic E-state index is -0.256. The predicted octanol–water partition coefficient (Wildman–Crippen LogP) is 1.68. The zero-order valence-electron chi connectivity index (χ0n) is 11.6. The molecule has 6 nitrogen and oxygen atoms in total. The molecule has 0 bridgehead atoms. The average Bonchev–Trinajstić information content (AvgIpc) is 2.77. The maximum Gasteiger partial charge on any atom is 0.254 e. The van der Waals surface area contributed by atoms with Crippen LogP contribution in [0.15, 0.2) is 22.2 Å². The minimum absolute atomic E-state index is 0.0994. The molecule has 21 heavy (non-hydrogen) atoms. The van der Waals surface area contributed by atoms with Crippen LogP contribution in [0.1, 0.15) is 10.6 Å². The number of hydrogen-bond donors (Lipinski definition) is 1. The summed E-state index contributed by atoms with van der Waals surface area (Å²) in [4.78, 5) is 33.7. The van der Waals surface area contributed by atoms with Crippen molar-refractivity contribution in [2.24, 2.45) is 5.92 Å². The fraction of sp³-hybridized carbons (Fsp3) is 0.385. The Balaban J connectivity index is 1.75. The highest BCUT2D eigenvalue weighted by atomic mass is 32.2. The van der Waals surface area contributed by atoms with E-state index in [2.05, 4.69) is 15.3 Å². The number of thiazole rings is 1. The summed E-state index contributed by atoms with van der Waals surface area (Å²) in [7, 11) is 0. The molecule has 0 saturated carbocycles. The normalized spacial score (nSPS) is 17.3. The van der Waals surface area contributed by atoms with E-state index < -0.39 is 0 Å². The van der Waals surface area contributed by atoms with Crippen LogP contribution >= 0.6 is 23.1 Å². The number of hydrogen-bond acceptors (Lipinski definition) is 6. The van der Waals surface area contributed by atoms with Crippen molar-refractivity contribution in [3.05, 3.63) is 33.2 Å². The Morgan fingerprint density at radius 1 is 1.48 bits per heavy atom. The van der Waals surface area contributed by atoms with Gasteiger partial charge < -0.3 is 5.32 Å². The number of anilines is 1. The quantitative estimate of drug-likeness (QED) is 0.851. The Kier molecular flexibility index (Phi) is 3.81. The first kappa shape index (κ1) is 14.3. The Morgan fingerprint density at radius 3 is 3.00 bits per heavy atom. The van der Waals surface area contributed by atoms with E-state index >= 15 is 0 Å². The van der Waals surface area contributed by atoms with Gasteiger partial charge in [-0.2, -0.15) is 0 Å². The highest BCUT2D eigenvalue weighted by Crippen LogP contribution is 2.26. The zero-order chi connectivity index (χ0) is 15.0. The van der Waals surface area contributed by atoms with Crippen LogP contribution in [0.25, 0.3) is 0 Å². The number of nitrogens with zero attached hydrogens (tertiary/aromatic N) is 3. The molecule has 2 aromatic heterocycles. The second kappa shape index (κ2) is 5.61. The minimum Gasteiger partial charge on any atom is -0.302 e. The lowest BCUT2D eigenvalue weighted by Crippen LogP contribution is -2.36. The molecule has 0 radical (unpaired) electrons. The molecule has 1 aliphatic rings. The SMILES string of the molecule is Cc1nc(NC(=O)C2CSc3nccc(=O)n3C2)sc1C. The topological polar surface area (TPSA) is 76.9 Å². The van der Waals surface area contributed by atoms with Gasteiger partial charge in [-0.15, -0.1) is 11.3 Å². The summed E-state index contributed by atoms with van der Waals surface area (Å²) >= 11 is 2.90. The molecule has 1 unspecified atom stereocenters. The number of nitrogens with one attached hydrogen (secondary N) is 1. The van der Waals surface area contributed by atoms with Crippen molar-refractivity contribution in [3.63, 3.8) is 0 Å². The molecule has 0 fully saturated rings. The standard InChI is InChI=1S/C13H14N4O2S2/c1-7-8(2)21-12(15-7)16-11(19)9-5-17-10(18)3-4-14-13(17)20-6-9/h3-4,9H,5-6H2,1-2H3,(H,15,16,19). The van der Waals surface area contributed by atoms with E-state index in [0.29, 0.717) is 22.6 Å².